The number of ketones is 1. The number of nitrogens with zero attached hydrogens (tertiary/aromatic N) is 3. The summed E-state index contributed by atoms with van der Waals surface area (Å²) in [5.74, 6) is 0.608. The number of rotatable bonds is 5. The van der Waals surface area contributed by atoms with E-state index in [4.69, 9.17) is 0 Å². The minimum Gasteiger partial charge on any atom is -0.328 e. The van der Waals surface area contributed by atoms with Crippen molar-refractivity contribution in [1.82, 2.24) is 0 Å². The molecular weight excluding hydrogens is 374 g/mol. The highest BCUT2D eigenvalue weighted by Gasteiger charge is 2.33. The molecule has 0 amide bonds. The third-order valence-electron chi connectivity index (χ3n) is 6.23. The second kappa shape index (κ2) is 8.70. The molecular formula is C24H29N5O+2. The van der Waals surface area contributed by atoms with Gasteiger partial charge in [0.25, 0.3) is 0 Å². The van der Waals surface area contributed by atoms with E-state index in [0.29, 0.717) is 12.4 Å². The van der Waals surface area contributed by atoms with E-state index in [-0.39, 0.29) is 11.4 Å². The van der Waals surface area contributed by atoms with E-state index in [2.05, 4.69) is 30.3 Å². The number of Topliss-reactive ketones (excluding diaryl/α,β-unsaturated/α-hetero) is 1. The highest BCUT2D eigenvalue weighted by Crippen LogP contribution is 2.40. The maximum absolute atomic E-state index is 13.1. The Balaban J connectivity index is 1.40. The number of fused-ring (bicyclic) bond motifs is 1. The molecule has 2 aromatic carbocycles. The lowest BCUT2D eigenvalue weighted by Crippen LogP contribution is -3.27. The van der Waals surface area contributed by atoms with Crippen molar-refractivity contribution in [2.24, 2.45) is 0 Å². The van der Waals surface area contributed by atoms with Gasteiger partial charge in [-0.1, -0.05) is 42.5 Å². The number of carbonyl (C=O) groups excluding carboxylic acids is 1. The van der Waals surface area contributed by atoms with Crippen LogP contribution in [-0.2, 0) is 11.3 Å². The first-order valence-electron chi connectivity index (χ1n) is 10.5. The van der Waals surface area contributed by atoms with Crippen molar-refractivity contribution in [2.75, 3.05) is 56.6 Å². The van der Waals surface area contributed by atoms with E-state index in [1.54, 1.807) is 4.90 Å². The van der Waals surface area contributed by atoms with Crippen LogP contribution in [0.1, 0.15) is 5.56 Å². The van der Waals surface area contributed by atoms with Gasteiger partial charge in [-0.15, -0.1) is 0 Å². The van der Waals surface area contributed by atoms with Crippen molar-refractivity contribution in [3.05, 3.63) is 71.6 Å². The molecule has 0 spiro atoms. The Kier molecular flexibility index (Phi) is 5.84. The number of piperazine rings is 1. The van der Waals surface area contributed by atoms with Crippen LogP contribution >= 0.6 is 0 Å². The van der Waals surface area contributed by atoms with E-state index in [1.807, 2.05) is 54.2 Å². The number of nitrogens with one attached hydrogen (secondary N) is 2. The molecule has 1 fully saturated rings. The average Bonchev–Trinajstić information content (AvgIpc) is 3.02. The molecule has 2 heterocycles. The summed E-state index contributed by atoms with van der Waals surface area (Å²) in [4.78, 5) is 19.8. The standard InChI is InChI=1S/C24H27N5O/c1-26-21-10-6-7-11-22(21)27(2)24(26)20(16-25)23(30)18-29-14-12-28(13-15-29)17-19-8-4-3-5-9-19/h3-11H,12-15,17-18H2,1-2H3/p+2. The van der Waals surface area contributed by atoms with E-state index >= 15 is 0 Å². The molecule has 0 saturated carbocycles. The lowest BCUT2D eigenvalue weighted by Gasteiger charge is -2.29. The normalized spacial score (nSPS) is 20.6. The molecule has 2 aromatic rings. The van der Waals surface area contributed by atoms with Crippen LogP contribution in [0.5, 0.6) is 0 Å². The lowest BCUT2D eigenvalue weighted by molar-refractivity contribution is -1.01. The molecule has 0 aliphatic carbocycles. The van der Waals surface area contributed by atoms with Crippen LogP contribution < -0.4 is 19.6 Å². The van der Waals surface area contributed by atoms with Gasteiger partial charge in [-0.2, -0.15) is 5.26 Å². The Bertz CT molecular complexity index is 955. The van der Waals surface area contributed by atoms with Gasteiger partial charge in [-0.05, 0) is 12.1 Å². The summed E-state index contributed by atoms with van der Waals surface area (Å²) in [7, 11) is 3.84. The van der Waals surface area contributed by atoms with Gasteiger partial charge in [0.05, 0.1) is 11.4 Å². The van der Waals surface area contributed by atoms with E-state index in [1.165, 1.54) is 10.5 Å². The third-order valence-corrected chi connectivity index (χ3v) is 6.23. The smallest absolute Gasteiger partial charge is 0.231 e. The molecule has 1 saturated heterocycles. The Morgan fingerprint density at radius 3 is 2.00 bits per heavy atom. The quantitative estimate of drug-likeness (QED) is 0.539. The minimum absolute atomic E-state index is 0.0690. The van der Waals surface area contributed by atoms with Crippen molar-refractivity contribution in [3.8, 4) is 6.07 Å². The SMILES string of the molecule is CN1C(=C(C#N)C(=O)C[NH+]2CC[NH+](Cc3ccccc3)CC2)N(C)c2ccccc21. The number of nitriles is 1. The van der Waals surface area contributed by atoms with Crippen molar-refractivity contribution in [2.45, 2.75) is 6.54 Å². The Labute approximate surface area is 178 Å². The predicted molar refractivity (Wildman–Crippen MR) is 117 cm³/mol. The molecule has 6 nitrogen and oxygen atoms in total. The zero-order valence-electron chi connectivity index (χ0n) is 17.7. The third kappa shape index (κ3) is 3.95. The molecule has 4 rings (SSSR count). The number of anilines is 2. The number of para-hydroxylation sites is 2. The van der Waals surface area contributed by atoms with Gasteiger partial charge in [-0.25, -0.2) is 0 Å². The van der Waals surface area contributed by atoms with Crippen LogP contribution in [-0.4, -0.2) is 52.6 Å². The van der Waals surface area contributed by atoms with Gasteiger partial charge in [-0.3, -0.25) is 4.79 Å². The van der Waals surface area contributed by atoms with Gasteiger partial charge in [0.15, 0.2) is 0 Å². The van der Waals surface area contributed by atoms with Gasteiger partial charge in [0, 0.05) is 19.7 Å². The monoisotopic (exact) mass is 403 g/mol. The molecule has 0 aromatic heterocycles. The molecule has 0 unspecified atom stereocenters. The van der Waals surface area contributed by atoms with Crippen LogP contribution in [0.25, 0.3) is 0 Å². The van der Waals surface area contributed by atoms with Gasteiger partial charge >= 0.3 is 0 Å². The molecule has 2 aliphatic rings. The Morgan fingerprint density at radius 2 is 1.43 bits per heavy atom. The molecule has 0 bridgehead atoms. The highest BCUT2D eigenvalue weighted by atomic mass is 16.1. The first-order chi connectivity index (χ1) is 14.6. The van der Waals surface area contributed by atoms with Crippen molar-refractivity contribution >= 4 is 17.2 Å². The fourth-order valence-corrected chi connectivity index (χ4v) is 4.57. The number of benzene rings is 2. The van der Waals surface area contributed by atoms with Crippen LogP contribution in [0.2, 0.25) is 0 Å². The fourth-order valence-electron chi connectivity index (χ4n) is 4.57. The molecule has 2 aliphatic heterocycles. The molecule has 2 N–H and O–H groups in total. The van der Waals surface area contributed by atoms with E-state index < -0.39 is 0 Å². The number of hydrogen-bond acceptors (Lipinski definition) is 4. The molecule has 0 radical (unpaired) electrons. The zero-order valence-corrected chi connectivity index (χ0v) is 17.7. The van der Waals surface area contributed by atoms with Crippen molar-refractivity contribution in [3.63, 3.8) is 0 Å². The second-order valence-electron chi connectivity index (χ2n) is 8.18. The zero-order chi connectivity index (χ0) is 21.1. The van der Waals surface area contributed by atoms with Crippen molar-refractivity contribution in [1.29, 1.82) is 5.26 Å². The van der Waals surface area contributed by atoms with Gasteiger partial charge in [0.1, 0.15) is 56.7 Å². The Morgan fingerprint density at radius 1 is 0.900 bits per heavy atom. The summed E-state index contributed by atoms with van der Waals surface area (Å²) in [6.07, 6.45) is 0. The maximum atomic E-state index is 13.1. The number of carbonyl (C=O) groups is 1. The highest BCUT2D eigenvalue weighted by molar-refractivity contribution is 6.03. The van der Waals surface area contributed by atoms with Crippen LogP contribution in [0.4, 0.5) is 11.4 Å². The molecule has 30 heavy (non-hydrogen) atoms. The first kappa shape index (κ1) is 20.1. The van der Waals surface area contributed by atoms with Crippen LogP contribution in [0, 0.1) is 11.3 Å². The topological polar surface area (TPSA) is 56.2 Å². The molecule has 154 valence electrons. The summed E-state index contributed by atoms with van der Waals surface area (Å²) in [6, 6.07) is 20.7. The van der Waals surface area contributed by atoms with Crippen molar-refractivity contribution < 1.29 is 14.6 Å². The predicted octanol–water partition coefficient (Wildman–Crippen LogP) is -0.140. The largest absolute Gasteiger partial charge is 0.328 e. The minimum atomic E-state index is -0.0690. The first-order valence-corrected chi connectivity index (χ1v) is 10.5. The average molecular weight is 404 g/mol. The molecule has 0 atom stereocenters. The van der Waals surface area contributed by atoms with Crippen LogP contribution in [0.15, 0.2) is 66.0 Å². The number of quaternary nitrogens is 2. The summed E-state index contributed by atoms with van der Waals surface area (Å²) in [5.41, 5.74) is 3.64. The summed E-state index contributed by atoms with van der Waals surface area (Å²) in [5, 5.41) is 9.81. The van der Waals surface area contributed by atoms with E-state index in [9.17, 15) is 10.1 Å². The number of hydrogen-bond donors (Lipinski definition) is 2. The Hall–Kier alpha value is -3.14. The summed E-state index contributed by atoms with van der Waals surface area (Å²) in [6.45, 7) is 5.40. The summed E-state index contributed by atoms with van der Waals surface area (Å²) < 4.78 is 0. The second-order valence-corrected chi connectivity index (χ2v) is 8.18. The van der Waals surface area contributed by atoms with Crippen LogP contribution in [0.3, 0.4) is 0 Å². The lowest BCUT2D eigenvalue weighted by atomic mass is 10.1. The van der Waals surface area contributed by atoms with E-state index in [0.717, 1.165) is 44.1 Å². The fraction of sp³-hybridized carbons (Fsp3) is 0.333. The maximum Gasteiger partial charge on any atom is 0.231 e. The molecule has 6 heteroatoms. The van der Waals surface area contributed by atoms with Gasteiger partial charge < -0.3 is 19.6 Å². The van der Waals surface area contributed by atoms with Gasteiger partial charge in [0.2, 0.25) is 5.78 Å². The summed E-state index contributed by atoms with van der Waals surface area (Å²) >= 11 is 0.